The summed E-state index contributed by atoms with van der Waals surface area (Å²) in [5.74, 6) is -3.06. The van der Waals surface area contributed by atoms with Crippen LogP contribution in [-0.2, 0) is 14.8 Å². The van der Waals surface area contributed by atoms with Crippen LogP contribution < -0.4 is 4.72 Å². The number of carboxylic acids is 1. The van der Waals surface area contributed by atoms with Gasteiger partial charge in [-0.2, -0.15) is 0 Å². The van der Waals surface area contributed by atoms with Crippen LogP contribution in [0.3, 0.4) is 0 Å². The largest absolute Gasteiger partial charge is 0.481 e. The number of halogens is 1. The summed E-state index contributed by atoms with van der Waals surface area (Å²) in [7, 11) is -4.04. The SMILES string of the molecule is CC(C)C(CNS(=O)(=O)c1ccccc1F)C(=O)O. The maximum atomic E-state index is 13.4. The Balaban J connectivity index is 2.87. The number of hydrogen-bond donors (Lipinski definition) is 2. The molecular formula is C12H16FNO4S. The highest BCUT2D eigenvalue weighted by atomic mass is 32.2. The van der Waals surface area contributed by atoms with Gasteiger partial charge in [0, 0.05) is 6.54 Å². The lowest BCUT2D eigenvalue weighted by molar-refractivity contribution is -0.142. The second kappa shape index (κ2) is 6.12. The summed E-state index contributed by atoms with van der Waals surface area (Å²) in [6, 6.07) is 4.94. The Morgan fingerprint density at radius 2 is 1.95 bits per heavy atom. The molecule has 5 nitrogen and oxygen atoms in total. The first-order valence-corrected chi connectivity index (χ1v) is 7.21. The van der Waals surface area contributed by atoms with Crippen molar-refractivity contribution in [3.05, 3.63) is 30.1 Å². The molecule has 0 aliphatic rings. The average molecular weight is 289 g/mol. The Kier molecular flexibility index (Phi) is 5.02. The maximum absolute atomic E-state index is 13.4. The summed E-state index contributed by atoms with van der Waals surface area (Å²) in [6.07, 6.45) is 0. The van der Waals surface area contributed by atoms with Crippen LogP contribution in [0.25, 0.3) is 0 Å². The molecule has 0 heterocycles. The smallest absolute Gasteiger partial charge is 0.308 e. The van der Waals surface area contributed by atoms with Crippen molar-refractivity contribution in [3.63, 3.8) is 0 Å². The van der Waals surface area contributed by atoms with Crippen LogP contribution >= 0.6 is 0 Å². The first-order valence-electron chi connectivity index (χ1n) is 5.72. The lowest BCUT2D eigenvalue weighted by Gasteiger charge is -2.16. The molecular weight excluding hydrogens is 273 g/mol. The normalized spacial score (nSPS) is 13.5. The molecule has 2 N–H and O–H groups in total. The number of carboxylic acid groups (broad SMARTS) is 1. The predicted octanol–water partition coefficient (Wildman–Crippen LogP) is 1.46. The summed E-state index contributed by atoms with van der Waals surface area (Å²) >= 11 is 0. The highest BCUT2D eigenvalue weighted by Gasteiger charge is 2.25. The zero-order valence-corrected chi connectivity index (χ0v) is 11.4. The number of carbonyl (C=O) groups is 1. The second-order valence-electron chi connectivity index (χ2n) is 4.47. The quantitative estimate of drug-likeness (QED) is 0.830. The van der Waals surface area contributed by atoms with E-state index in [2.05, 4.69) is 4.72 Å². The number of sulfonamides is 1. The summed E-state index contributed by atoms with van der Waals surface area (Å²) in [4.78, 5) is 10.5. The fraction of sp³-hybridized carbons (Fsp3) is 0.417. The van der Waals surface area contributed by atoms with Crippen LogP contribution in [0.2, 0.25) is 0 Å². The molecule has 0 fully saturated rings. The van der Waals surface area contributed by atoms with Crippen LogP contribution in [0.5, 0.6) is 0 Å². The Morgan fingerprint density at radius 3 is 2.42 bits per heavy atom. The van der Waals surface area contributed by atoms with E-state index in [-0.39, 0.29) is 12.5 Å². The van der Waals surface area contributed by atoms with E-state index < -0.39 is 32.6 Å². The molecule has 0 aromatic heterocycles. The Bertz CT molecular complexity index is 557. The number of aliphatic carboxylic acids is 1. The van der Waals surface area contributed by atoms with E-state index in [1.54, 1.807) is 13.8 Å². The van der Waals surface area contributed by atoms with Gasteiger partial charge >= 0.3 is 5.97 Å². The summed E-state index contributed by atoms with van der Waals surface area (Å²) in [6.45, 7) is 3.08. The van der Waals surface area contributed by atoms with Crippen LogP contribution in [0.1, 0.15) is 13.8 Å². The van der Waals surface area contributed by atoms with Crippen molar-refractivity contribution < 1.29 is 22.7 Å². The molecule has 0 saturated heterocycles. The van der Waals surface area contributed by atoms with Gasteiger partial charge in [0.05, 0.1) is 5.92 Å². The fourth-order valence-corrected chi connectivity index (χ4v) is 2.69. The maximum Gasteiger partial charge on any atom is 0.308 e. The molecule has 0 spiro atoms. The molecule has 0 aliphatic heterocycles. The van der Waals surface area contributed by atoms with Crippen molar-refractivity contribution >= 4 is 16.0 Å². The van der Waals surface area contributed by atoms with E-state index in [0.29, 0.717) is 0 Å². The van der Waals surface area contributed by atoms with Gasteiger partial charge in [0.25, 0.3) is 0 Å². The molecule has 19 heavy (non-hydrogen) atoms. The Hall–Kier alpha value is -1.47. The van der Waals surface area contributed by atoms with Crippen molar-refractivity contribution in [3.8, 4) is 0 Å². The number of hydrogen-bond acceptors (Lipinski definition) is 3. The minimum Gasteiger partial charge on any atom is -0.481 e. The zero-order valence-electron chi connectivity index (χ0n) is 10.6. The standard InChI is InChI=1S/C12H16FNO4S/c1-8(2)9(12(15)16)7-14-19(17,18)11-6-4-3-5-10(11)13/h3-6,8-9,14H,7H2,1-2H3,(H,15,16). The molecule has 7 heteroatoms. The third-order valence-electron chi connectivity index (χ3n) is 2.74. The van der Waals surface area contributed by atoms with Gasteiger partial charge in [-0.05, 0) is 18.1 Å². The van der Waals surface area contributed by atoms with E-state index in [4.69, 9.17) is 5.11 Å². The van der Waals surface area contributed by atoms with Gasteiger partial charge in [-0.3, -0.25) is 4.79 Å². The third-order valence-corrected chi connectivity index (χ3v) is 4.20. The molecule has 0 radical (unpaired) electrons. The van der Waals surface area contributed by atoms with E-state index >= 15 is 0 Å². The van der Waals surface area contributed by atoms with Crippen molar-refractivity contribution in [1.29, 1.82) is 0 Å². The monoisotopic (exact) mass is 289 g/mol. The molecule has 1 rings (SSSR count). The first kappa shape index (κ1) is 15.6. The minimum absolute atomic E-state index is 0.235. The van der Waals surface area contributed by atoms with Crippen LogP contribution in [-0.4, -0.2) is 26.0 Å². The lowest BCUT2D eigenvalue weighted by atomic mass is 9.97. The topological polar surface area (TPSA) is 83.5 Å². The molecule has 1 atom stereocenters. The highest BCUT2D eigenvalue weighted by molar-refractivity contribution is 7.89. The molecule has 0 aliphatic carbocycles. The minimum atomic E-state index is -4.04. The van der Waals surface area contributed by atoms with Gasteiger partial charge in [-0.25, -0.2) is 17.5 Å². The van der Waals surface area contributed by atoms with Crippen molar-refractivity contribution in [1.82, 2.24) is 4.72 Å². The van der Waals surface area contributed by atoms with Crippen LogP contribution in [0.4, 0.5) is 4.39 Å². The van der Waals surface area contributed by atoms with Crippen LogP contribution in [0, 0.1) is 17.7 Å². The van der Waals surface area contributed by atoms with Crippen molar-refractivity contribution in [2.45, 2.75) is 18.7 Å². The van der Waals surface area contributed by atoms with Crippen molar-refractivity contribution in [2.24, 2.45) is 11.8 Å². The lowest BCUT2D eigenvalue weighted by Crippen LogP contribution is -2.35. The average Bonchev–Trinajstić information content (AvgIpc) is 2.28. The molecule has 0 saturated carbocycles. The third kappa shape index (κ3) is 4.00. The number of rotatable bonds is 6. The van der Waals surface area contributed by atoms with Gasteiger partial charge in [-0.1, -0.05) is 26.0 Å². The number of nitrogens with one attached hydrogen (secondary N) is 1. The fourth-order valence-electron chi connectivity index (χ4n) is 1.55. The number of benzene rings is 1. The predicted molar refractivity (Wildman–Crippen MR) is 67.6 cm³/mol. The zero-order chi connectivity index (χ0) is 14.6. The molecule has 0 amide bonds. The second-order valence-corrected chi connectivity index (χ2v) is 6.21. The summed E-state index contributed by atoms with van der Waals surface area (Å²) in [5, 5.41) is 8.96. The van der Waals surface area contributed by atoms with Gasteiger partial charge in [0.2, 0.25) is 10.0 Å². The van der Waals surface area contributed by atoms with E-state index in [1.807, 2.05) is 0 Å². The van der Waals surface area contributed by atoms with Crippen molar-refractivity contribution in [2.75, 3.05) is 6.54 Å². The van der Waals surface area contributed by atoms with Gasteiger partial charge in [0.1, 0.15) is 10.7 Å². The highest BCUT2D eigenvalue weighted by Crippen LogP contribution is 2.15. The Morgan fingerprint density at radius 1 is 1.37 bits per heavy atom. The van der Waals surface area contributed by atoms with Gasteiger partial charge in [0.15, 0.2) is 0 Å². The Labute approximate surface area is 111 Å². The summed E-state index contributed by atoms with van der Waals surface area (Å²) < 4.78 is 39.2. The van der Waals surface area contributed by atoms with E-state index in [1.165, 1.54) is 12.1 Å². The van der Waals surface area contributed by atoms with E-state index in [9.17, 15) is 17.6 Å². The summed E-state index contributed by atoms with van der Waals surface area (Å²) in [5.41, 5.74) is 0. The van der Waals surface area contributed by atoms with Gasteiger partial charge in [-0.15, -0.1) is 0 Å². The molecule has 1 unspecified atom stereocenters. The van der Waals surface area contributed by atoms with Crippen LogP contribution in [0.15, 0.2) is 29.2 Å². The van der Waals surface area contributed by atoms with E-state index in [0.717, 1.165) is 12.1 Å². The first-order chi connectivity index (χ1) is 8.75. The molecule has 1 aromatic carbocycles. The molecule has 0 bridgehead atoms. The molecule has 106 valence electrons. The van der Waals surface area contributed by atoms with Gasteiger partial charge < -0.3 is 5.11 Å². The molecule has 1 aromatic rings.